The lowest BCUT2D eigenvalue weighted by molar-refractivity contribution is 0.174. The molecule has 3 nitrogen and oxygen atoms in total. The molecule has 2 rings (SSSR count). The molecule has 112 valence electrons. The SMILES string of the molecule is CCNCC(c1ccccc1)N(C)CC1CCCN1C. The van der Waals surface area contributed by atoms with Crippen LogP contribution in [0.15, 0.2) is 30.3 Å². The molecule has 0 aromatic heterocycles. The van der Waals surface area contributed by atoms with Crippen molar-refractivity contribution in [2.75, 3.05) is 40.3 Å². The minimum absolute atomic E-state index is 0.463. The Kier molecular flexibility index (Phi) is 6.02. The van der Waals surface area contributed by atoms with Crippen LogP contribution in [0, 0.1) is 0 Å². The number of benzene rings is 1. The second-order valence-corrected chi connectivity index (χ2v) is 5.95. The van der Waals surface area contributed by atoms with Gasteiger partial charge in [0.05, 0.1) is 0 Å². The third kappa shape index (κ3) is 4.05. The molecule has 1 aromatic carbocycles. The lowest BCUT2D eigenvalue weighted by Gasteiger charge is -2.33. The van der Waals surface area contributed by atoms with Crippen molar-refractivity contribution < 1.29 is 0 Å². The highest BCUT2D eigenvalue weighted by molar-refractivity contribution is 5.19. The average Bonchev–Trinajstić information content (AvgIpc) is 2.86. The largest absolute Gasteiger partial charge is 0.315 e. The van der Waals surface area contributed by atoms with E-state index in [0.717, 1.165) is 19.6 Å². The highest BCUT2D eigenvalue weighted by Gasteiger charge is 2.25. The van der Waals surface area contributed by atoms with Gasteiger partial charge in [-0.15, -0.1) is 0 Å². The monoisotopic (exact) mass is 275 g/mol. The molecule has 2 atom stereocenters. The molecule has 0 aliphatic carbocycles. The fraction of sp³-hybridized carbons (Fsp3) is 0.647. The van der Waals surface area contributed by atoms with Crippen LogP contribution in [0.1, 0.15) is 31.4 Å². The van der Waals surface area contributed by atoms with Gasteiger partial charge < -0.3 is 10.2 Å². The molecule has 1 aliphatic rings. The zero-order chi connectivity index (χ0) is 14.4. The van der Waals surface area contributed by atoms with Gasteiger partial charge in [-0.25, -0.2) is 0 Å². The van der Waals surface area contributed by atoms with Crippen molar-refractivity contribution >= 4 is 0 Å². The molecule has 0 saturated carbocycles. The van der Waals surface area contributed by atoms with Crippen LogP contribution in [0.2, 0.25) is 0 Å². The summed E-state index contributed by atoms with van der Waals surface area (Å²) in [7, 11) is 4.52. The fourth-order valence-electron chi connectivity index (χ4n) is 3.15. The van der Waals surface area contributed by atoms with Crippen LogP contribution in [-0.4, -0.2) is 56.1 Å². The van der Waals surface area contributed by atoms with E-state index in [2.05, 4.69) is 66.5 Å². The number of rotatable bonds is 7. The van der Waals surface area contributed by atoms with E-state index in [1.807, 2.05) is 0 Å². The Morgan fingerprint density at radius 1 is 1.35 bits per heavy atom. The maximum Gasteiger partial charge on any atom is 0.0470 e. The van der Waals surface area contributed by atoms with Crippen LogP contribution in [0.4, 0.5) is 0 Å². The van der Waals surface area contributed by atoms with Gasteiger partial charge in [0.25, 0.3) is 0 Å². The maximum atomic E-state index is 3.51. The summed E-state index contributed by atoms with van der Waals surface area (Å²) in [5.74, 6) is 0. The van der Waals surface area contributed by atoms with E-state index in [9.17, 15) is 0 Å². The van der Waals surface area contributed by atoms with Gasteiger partial charge in [0.2, 0.25) is 0 Å². The van der Waals surface area contributed by atoms with Crippen LogP contribution in [0.3, 0.4) is 0 Å². The standard InChI is InChI=1S/C17H29N3/c1-4-18-13-17(15-9-6-5-7-10-15)20(3)14-16-11-8-12-19(16)2/h5-7,9-10,16-18H,4,8,11-14H2,1-3H3. The third-order valence-corrected chi connectivity index (χ3v) is 4.47. The van der Waals surface area contributed by atoms with Crippen LogP contribution in [-0.2, 0) is 0 Å². The predicted molar refractivity (Wildman–Crippen MR) is 86.0 cm³/mol. The van der Waals surface area contributed by atoms with Gasteiger partial charge in [-0.05, 0) is 45.6 Å². The van der Waals surface area contributed by atoms with Gasteiger partial charge in [0.1, 0.15) is 0 Å². The first-order chi connectivity index (χ1) is 9.72. The minimum Gasteiger partial charge on any atom is -0.315 e. The molecule has 2 unspecified atom stereocenters. The molecule has 0 amide bonds. The average molecular weight is 275 g/mol. The van der Waals surface area contributed by atoms with Crippen molar-refractivity contribution in [3.63, 3.8) is 0 Å². The summed E-state index contributed by atoms with van der Waals surface area (Å²) in [6.45, 7) is 6.63. The molecule has 1 aliphatic heterocycles. The first-order valence-electron chi connectivity index (χ1n) is 7.88. The van der Waals surface area contributed by atoms with Crippen molar-refractivity contribution in [2.24, 2.45) is 0 Å². The number of nitrogens with zero attached hydrogens (tertiary/aromatic N) is 2. The minimum atomic E-state index is 0.463. The van der Waals surface area contributed by atoms with Crippen LogP contribution >= 0.6 is 0 Å². The Bertz CT molecular complexity index is 379. The van der Waals surface area contributed by atoms with E-state index in [-0.39, 0.29) is 0 Å². The molecule has 1 fully saturated rings. The predicted octanol–water partition coefficient (Wildman–Crippen LogP) is 2.36. The van der Waals surface area contributed by atoms with Crippen molar-refractivity contribution in [3.05, 3.63) is 35.9 Å². The Labute approximate surface area is 124 Å². The third-order valence-electron chi connectivity index (χ3n) is 4.47. The first-order valence-corrected chi connectivity index (χ1v) is 7.88. The zero-order valence-electron chi connectivity index (χ0n) is 13.2. The number of nitrogens with one attached hydrogen (secondary N) is 1. The highest BCUT2D eigenvalue weighted by Crippen LogP contribution is 2.22. The summed E-state index contributed by atoms with van der Waals surface area (Å²) < 4.78 is 0. The number of hydrogen-bond acceptors (Lipinski definition) is 3. The Morgan fingerprint density at radius 3 is 2.70 bits per heavy atom. The maximum absolute atomic E-state index is 3.51. The summed E-state index contributed by atoms with van der Waals surface area (Å²) in [5.41, 5.74) is 1.41. The van der Waals surface area contributed by atoms with Gasteiger partial charge >= 0.3 is 0 Å². The quantitative estimate of drug-likeness (QED) is 0.824. The summed E-state index contributed by atoms with van der Waals surface area (Å²) in [5, 5.41) is 3.51. The molecule has 1 aromatic rings. The Morgan fingerprint density at radius 2 is 2.10 bits per heavy atom. The summed E-state index contributed by atoms with van der Waals surface area (Å²) in [6, 6.07) is 12.1. The van der Waals surface area contributed by atoms with Gasteiger partial charge in [-0.2, -0.15) is 0 Å². The molecule has 3 heteroatoms. The molecule has 1 saturated heterocycles. The van der Waals surface area contributed by atoms with Gasteiger partial charge in [-0.3, -0.25) is 4.90 Å². The second kappa shape index (κ2) is 7.77. The number of hydrogen-bond donors (Lipinski definition) is 1. The lowest BCUT2D eigenvalue weighted by Crippen LogP contribution is -2.41. The first kappa shape index (κ1) is 15.5. The molecule has 0 spiro atoms. The van der Waals surface area contributed by atoms with E-state index in [4.69, 9.17) is 0 Å². The Hall–Kier alpha value is -0.900. The summed E-state index contributed by atoms with van der Waals surface area (Å²) in [6.07, 6.45) is 2.68. The normalized spacial score (nSPS) is 21.5. The van der Waals surface area contributed by atoms with Gasteiger partial charge in [-0.1, -0.05) is 37.3 Å². The van der Waals surface area contributed by atoms with E-state index >= 15 is 0 Å². The van der Waals surface area contributed by atoms with Crippen molar-refractivity contribution in [2.45, 2.75) is 31.8 Å². The molecule has 1 heterocycles. The van der Waals surface area contributed by atoms with Crippen LogP contribution < -0.4 is 5.32 Å². The molecule has 0 bridgehead atoms. The smallest absolute Gasteiger partial charge is 0.0470 e. The van der Waals surface area contributed by atoms with Crippen LogP contribution in [0.25, 0.3) is 0 Å². The van der Waals surface area contributed by atoms with Gasteiger partial charge in [0, 0.05) is 25.2 Å². The summed E-state index contributed by atoms with van der Waals surface area (Å²) >= 11 is 0. The number of likely N-dealkylation sites (tertiary alicyclic amines) is 1. The van der Waals surface area contributed by atoms with Crippen molar-refractivity contribution in [1.82, 2.24) is 15.1 Å². The summed E-state index contributed by atoms with van der Waals surface area (Å²) in [4.78, 5) is 5.02. The van der Waals surface area contributed by atoms with Crippen molar-refractivity contribution in [3.8, 4) is 0 Å². The van der Waals surface area contributed by atoms with E-state index in [1.54, 1.807) is 0 Å². The Balaban J connectivity index is 2.01. The molecular formula is C17H29N3. The topological polar surface area (TPSA) is 18.5 Å². The van der Waals surface area contributed by atoms with Crippen molar-refractivity contribution in [1.29, 1.82) is 0 Å². The number of likely N-dealkylation sites (N-methyl/N-ethyl adjacent to an activating group) is 3. The van der Waals surface area contributed by atoms with Crippen LogP contribution in [0.5, 0.6) is 0 Å². The van der Waals surface area contributed by atoms with E-state index in [1.165, 1.54) is 24.9 Å². The fourth-order valence-corrected chi connectivity index (χ4v) is 3.15. The van der Waals surface area contributed by atoms with E-state index < -0.39 is 0 Å². The molecule has 1 N–H and O–H groups in total. The van der Waals surface area contributed by atoms with E-state index in [0.29, 0.717) is 12.1 Å². The van der Waals surface area contributed by atoms with Gasteiger partial charge in [0.15, 0.2) is 0 Å². The molecule has 20 heavy (non-hydrogen) atoms. The lowest BCUT2D eigenvalue weighted by atomic mass is 10.0. The molecule has 0 radical (unpaired) electrons. The zero-order valence-corrected chi connectivity index (χ0v) is 13.2. The highest BCUT2D eigenvalue weighted by atomic mass is 15.2. The second-order valence-electron chi connectivity index (χ2n) is 5.95. The molecular weight excluding hydrogens is 246 g/mol.